The zero-order valence-corrected chi connectivity index (χ0v) is 12.5. The van der Waals surface area contributed by atoms with Gasteiger partial charge in [0.25, 0.3) is 0 Å². The highest BCUT2D eigenvalue weighted by Gasteiger charge is 2.43. The maximum Gasteiger partial charge on any atom is 0.331 e. The van der Waals surface area contributed by atoms with E-state index >= 15 is 0 Å². The Hall–Kier alpha value is -2.30. The van der Waals surface area contributed by atoms with E-state index in [2.05, 4.69) is 0 Å². The van der Waals surface area contributed by atoms with E-state index in [9.17, 15) is 9.59 Å². The maximum atomic E-state index is 12.2. The van der Waals surface area contributed by atoms with Crippen LogP contribution in [-0.4, -0.2) is 36.5 Å². The van der Waals surface area contributed by atoms with Gasteiger partial charge in [0, 0.05) is 6.54 Å². The normalized spacial score (nSPS) is 21.3. The van der Waals surface area contributed by atoms with Crippen LogP contribution in [0, 0.1) is 0 Å². The highest BCUT2D eigenvalue weighted by molar-refractivity contribution is 5.95. The van der Waals surface area contributed by atoms with Crippen LogP contribution >= 0.6 is 0 Å². The highest BCUT2D eigenvalue weighted by Crippen LogP contribution is 2.28. The maximum absolute atomic E-state index is 12.2. The first kappa shape index (κ1) is 15.1. The number of esters is 1. The number of hydrogen-bond donors (Lipinski definition) is 0. The van der Waals surface area contributed by atoms with Crippen molar-refractivity contribution in [3.05, 3.63) is 42.0 Å². The molecule has 0 fully saturated rings. The topological polar surface area (TPSA) is 55.8 Å². The summed E-state index contributed by atoms with van der Waals surface area (Å²) < 4.78 is 9.97. The van der Waals surface area contributed by atoms with Gasteiger partial charge in [-0.05, 0) is 37.1 Å². The summed E-state index contributed by atoms with van der Waals surface area (Å²) in [4.78, 5) is 25.8. The molecule has 0 saturated carbocycles. The van der Waals surface area contributed by atoms with E-state index in [1.54, 1.807) is 25.0 Å². The summed E-state index contributed by atoms with van der Waals surface area (Å²) in [5, 5.41) is 0. The van der Waals surface area contributed by atoms with E-state index in [0.717, 1.165) is 11.3 Å². The summed E-state index contributed by atoms with van der Waals surface area (Å²) in [5.74, 6) is 0.151. The summed E-state index contributed by atoms with van der Waals surface area (Å²) >= 11 is 0. The van der Waals surface area contributed by atoms with Crippen molar-refractivity contribution in [2.45, 2.75) is 25.4 Å². The van der Waals surface area contributed by atoms with Gasteiger partial charge in [-0.3, -0.25) is 4.79 Å². The molecule has 0 spiro atoms. The van der Waals surface area contributed by atoms with Gasteiger partial charge < -0.3 is 14.4 Å². The number of carbonyl (C=O) groups excluding carboxylic acids is 2. The van der Waals surface area contributed by atoms with Crippen LogP contribution in [0.2, 0.25) is 0 Å². The molecule has 112 valence electrons. The van der Waals surface area contributed by atoms with Crippen LogP contribution in [0.1, 0.15) is 18.9 Å². The van der Waals surface area contributed by atoms with Gasteiger partial charge >= 0.3 is 5.97 Å². The molecule has 1 aromatic rings. The van der Waals surface area contributed by atoms with Gasteiger partial charge in [-0.1, -0.05) is 18.2 Å². The second-order valence-corrected chi connectivity index (χ2v) is 5.14. The molecular formula is C16H19NO4. The summed E-state index contributed by atoms with van der Waals surface area (Å²) in [6.45, 7) is 2.07. The van der Waals surface area contributed by atoms with E-state index in [4.69, 9.17) is 9.47 Å². The Labute approximate surface area is 124 Å². The van der Waals surface area contributed by atoms with Crippen LogP contribution in [0.3, 0.4) is 0 Å². The standard InChI is InChI=1S/C16H19NO4/c1-16(15(19)21-3)10-4-5-14(18)17(16)11-12-6-8-13(20-2)9-7-12/h4-9H,10-11H2,1-3H3. The molecule has 1 aliphatic rings. The first-order chi connectivity index (χ1) is 10.0. The monoisotopic (exact) mass is 289 g/mol. The highest BCUT2D eigenvalue weighted by atomic mass is 16.5. The fraction of sp³-hybridized carbons (Fsp3) is 0.375. The lowest BCUT2D eigenvalue weighted by Crippen LogP contribution is -2.56. The lowest BCUT2D eigenvalue weighted by Gasteiger charge is -2.40. The minimum Gasteiger partial charge on any atom is -0.497 e. The Morgan fingerprint density at radius 2 is 1.95 bits per heavy atom. The van der Waals surface area contributed by atoms with E-state index in [1.165, 1.54) is 13.2 Å². The van der Waals surface area contributed by atoms with Gasteiger partial charge in [0.15, 0.2) is 0 Å². The zero-order valence-electron chi connectivity index (χ0n) is 12.5. The predicted octanol–water partition coefficient (Wildman–Crippen LogP) is 1.92. The molecule has 1 amide bonds. The molecule has 1 aliphatic heterocycles. The van der Waals surface area contributed by atoms with Gasteiger partial charge in [0.2, 0.25) is 5.91 Å². The molecule has 0 bridgehead atoms. The first-order valence-electron chi connectivity index (χ1n) is 6.71. The van der Waals surface area contributed by atoms with Gasteiger partial charge in [0.05, 0.1) is 14.2 Å². The van der Waals surface area contributed by atoms with E-state index in [1.807, 2.05) is 24.3 Å². The molecule has 1 heterocycles. The second-order valence-electron chi connectivity index (χ2n) is 5.14. The smallest absolute Gasteiger partial charge is 0.331 e. The fourth-order valence-corrected chi connectivity index (χ4v) is 2.41. The Balaban J connectivity index is 2.26. The molecule has 0 saturated heterocycles. The molecule has 0 aliphatic carbocycles. The molecule has 0 N–H and O–H groups in total. The Morgan fingerprint density at radius 1 is 1.29 bits per heavy atom. The lowest BCUT2D eigenvalue weighted by molar-refractivity contribution is -0.160. The van der Waals surface area contributed by atoms with Gasteiger partial charge in [-0.25, -0.2) is 4.79 Å². The van der Waals surface area contributed by atoms with Crippen LogP contribution in [0.15, 0.2) is 36.4 Å². The van der Waals surface area contributed by atoms with Crippen molar-refractivity contribution in [2.75, 3.05) is 14.2 Å². The third kappa shape index (κ3) is 2.91. The first-order valence-corrected chi connectivity index (χ1v) is 6.71. The zero-order chi connectivity index (χ0) is 15.5. The van der Waals surface area contributed by atoms with Crippen LogP contribution in [0.4, 0.5) is 0 Å². The molecule has 5 nitrogen and oxygen atoms in total. The number of rotatable bonds is 4. The van der Waals surface area contributed by atoms with Crippen LogP contribution < -0.4 is 4.74 Å². The van der Waals surface area contributed by atoms with Crippen molar-refractivity contribution in [1.82, 2.24) is 4.90 Å². The number of amides is 1. The van der Waals surface area contributed by atoms with Gasteiger partial charge in [-0.15, -0.1) is 0 Å². The molecule has 1 unspecified atom stereocenters. The summed E-state index contributed by atoms with van der Waals surface area (Å²) in [6.07, 6.45) is 3.65. The molecule has 1 atom stereocenters. The van der Waals surface area contributed by atoms with Crippen molar-refractivity contribution in [1.29, 1.82) is 0 Å². The fourth-order valence-electron chi connectivity index (χ4n) is 2.41. The number of ether oxygens (including phenoxy) is 2. The van der Waals surface area contributed by atoms with Crippen molar-refractivity contribution in [3.8, 4) is 5.75 Å². The van der Waals surface area contributed by atoms with Gasteiger partial charge in [-0.2, -0.15) is 0 Å². The summed E-state index contributed by atoms with van der Waals surface area (Å²) in [6, 6.07) is 7.41. The van der Waals surface area contributed by atoms with Crippen molar-refractivity contribution in [2.24, 2.45) is 0 Å². The molecule has 2 rings (SSSR count). The van der Waals surface area contributed by atoms with Crippen LogP contribution in [0.25, 0.3) is 0 Å². The summed E-state index contributed by atoms with van der Waals surface area (Å²) in [7, 11) is 2.93. The van der Waals surface area contributed by atoms with Crippen molar-refractivity contribution < 1.29 is 19.1 Å². The Kier molecular flexibility index (Phi) is 4.31. The van der Waals surface area contributed by atoms with E-state index in [-0.39, 0.29) is 5.91 Å². The largest absolute Gasteiger partial charge is 0.497 e. The second kappa shape index (κ2) is 5.99. The molecule has 0 radical (unpaired) electrons. The molecule has 0 aromatic heterocycles. The number of methoxy groups -OCH3 is 2. The minimum absolute atomic E-state index is 0.190. The minimum atomic E-state index is -0.972. The van der Waals surface area contributed by atoms with Gasteiger partial charge in [0.1, 0.15) is 11.3 Å². The van der Waals surface area contributed by atoms with Crippen molar-refractivity contribution >= 4 is 11.9 Å². The Morgan fingerprint density at radius 3 is 2.52 bits per heavy atom. The third-order valence-corrected chi connectivity index (χ3v) is 3.76. The summed E-state index contributed by atoms with van der Waals surface area (Å²) in [5.41, 5.74) is -0.0462. The average molecular weight is 289 g/mol. The van der Waals surface area contributed by atoms with E-state index < -0.39 is 11.5 Å². The van der Waals surface area contributed by atoms with Crippen LogP contribution in [0.5, 0.6) is 5.75 Å². The molecule has 1 aromatic carbocycles. The average Bonchev–Trinajstić information content (AvgIpc) is 2.51. The lowest BCUT2D eigenvalue weighted by atomic mass is 9.91. The number of hydrogen-bond acceptors (Lipinski definition) is 4. The third-order valence-electron chi connectivity index (χ3n) is 3.76. The molecule has 5 heteroatoms. The molecule has 21 heavy (non-hydrogen) atoms. The van der Waals surface area contributed by atoms with Crippen molar-refractivity contribution in [3.63, 3.8) is 0 Å². The Bertz CT molecular complexity index is 564. The number of nitrogens with zero attached hydrogens (tertiary/aromatic N) is 1. The quantitative estimate of drug-likeness (QED) is 0.795. The number of carbonyl (C=O) groups is 2. The predicted molar refractivity (Wildman–Crippen MR) is 77.7 cm³/mol. The van der Waals surface area contributed by atoms with E-state index in [0.29, 0.717) is 13.0 Å². The molecular weight excluding hydrogens is 270 g/mol. The SMILES string of the molecule is COC(=O)C1(C)CC=CC(=O)N1Cc1ccc(OC)cc1. The number of benzene rings is 1. The van der Waals surface area contributed by atoms with Crippen LogP contribution in [-0.2, 0) is 20.9 Å².